The van der Waals surface area contributed by atoms with Crippen LogP contribution in [0.2, 0.25) is 0 Å². The molecule has 0 unspecified atom stereocenters. The van der Waals surface area contributed by atoms with Gasteiger partial charge in [0.2, 0.25) is 0 Å². The molecule has 0 atom stereocenters. The number of rotatable bonds is 6. The third-order valence-corrected chi connectivity index (χ3v) is 2.31. The largest absolute Gasteiger partial charge is 0.330 e. The van der Waals surface area contributed by atoms with Crippen LogP contribution < -0.4 is 5.73 Å². The second kappa shape index (κ2) is 6.55. The Kier molecular flexibility index (Phi) is 5.23. The second-order valence-electron chi connectivity index (χ2n) is 3.58. The second-order valence-corrected chi connectivity index (χ2v) is 3.58. The standard InChI is InChI=1S/C12H18FN/c13-12-8-5-7-11(10-12)6-3-1-2-4-9-14/h5,7-8,10H,1-4,6,9,14H2. The number of nitrogens with two attached hydrogens (primary N) is 1. The highest BCUT2D eigenvalue weighted by Gasteiger charge is 1.95. The minimum Gasteiger partial charge on any atom is -0.330 e. The summed E-state index contributed by atoms with van der Waals surface area (Å²) in [7, 11) is 0. The van der Waals surface area contributed by atoms with E-state index >= 15 is 0 Å². The van der Waals surface area contributed by atoms with Crippen LogP contribution in [0.1, 0.15) is 31.2 Å². The Morgan fingerprint density at radius 2 is 1.86 bits per heavy atom. The summed E-state index contributed by atoms with van der Waals surface area (Å²) in [6, 6.07) is 6.84. The highest BCUT2D eigenvalue weighted by Crippen LogP contribution is 2.09. The molecule has 1 rings (SSSR count). The van der Waals surface area contributed by atoms with Gasteiger partial charge in [-0.1, -0.05) is 25.0 Å². The molecule has 0 heterocycles. The Hall–Kier alpha value is -0.890. The lowest BCUT2D eigenvalue weighted by molar-refractivity contribution is 0.619. The van der Waals surface area contributed by atoms with E-state index in [0.29, 0.717) is 0 Å². The smallest absolute Gasteiger partial charge is 0.123 e. The third kappa shape index (κ3) is 4.38. The van der Waals surface area contributed by atoms with E-state index in [0.717, 1.165) is 31.4 Å². The number of hydrogen-bond acceptors (Lipinski definition) is 1. The van der Waals surface area contributed by atoms with Crippen molar-refractivity contribution in [1.82, 2.24) is 0 Å². The predicted molar refractivity (Wildman–Crippen MR) is 57.6 cm³/mol. The van der Waals surface area contributed by atoms with Crippen LogP contribution in [0.15, 0.2) is 24.3 Å². The summed E-state index contributed by atoms with van der Waals surface area (Å²) in [5, 5.41) is 0. The van der Waals surface area contributed by atoms with Gasteiger partial charge in [0.1, 0.15) is 5.82 Å². The van der Waals surface area contributed by atoms with Crippen LogP contribution in [0, 0.1) is 5.82 Å². The van der Waals surface area contributed by atoms with Crippen molar-refractivity contribution in [3.8, 4) is 0 Å². The zero-order chi connectivity index (χ0) is 10.2. The lowest BCUT2D eigenvalue weighted by Crippen LogP contribution is -1.97. The fraction of sp³-hybridized carbons (Fsp3) is 0.500. The highest BCUT2D eigenvalue weighted by atomic mass is 19.1. The molecule has 0 saturated carbocycles. The summed E-state index contributed by atoms with van der Waals surface area (Å²) in [4.78, 5) is 0. The van der Waals surface area contributed by atoms with E-state index in [4.69, 9.17) is 5.73 Å². The fourth-order valence-electron chi connectivity index (χ4n) is 1.52. The first-order valence-electron chi connectivity index (χ1n) is 5.27. The van der Waals surface area contributed by atoms with Crippen molar-refractivity contribution in [2.75, 3.05) is 6.54 Å². The van der Waals surface area contributed by atoms with E-state index < -0.39 is 0 Å². The summed E-state index contributed by atoms with van der Waals surface area (Å²) in [5.41, 5.74) is 6.49. The number of aryl methyl sites for hydroxylation is 1. The van der Waals surface area contributed by atoms with Crippen molar-refractivity contribution in [2.45, 2.75) is 32.1 Å². The maximum atomic E-state index is 12.8. The predicted octanol–water partition coefficient (Wildman–Crippen LogP) is 2.89. The molecule has 2 heteroatoms. The summed E-state index contributed by atoms with van der Waals surface area (Å²) < 4.78 is 12.8. The first-order chi connectivity index (χ1) is 6.83. The summed E-state index contributed by atoms with van der Waals surface area (Å²) in [6.07, 6.45) is 5.58. The first kappa shape index (κ1) is 11.2. The van der Waals surface area contributed by atoms with Gasteiger partial charge in [0.15, 0.2) is 0 Å². The van der Waals surface area contributed by atoms with Crippen molar-refractivity contribution in [1.29, 1.82) is 0 Å². The molecular weight excluding hydrogens is 177 g/mol. The molecule has 0 fully saturated rings. The maximum absolute atomic E-state index is 12.8. The van der Waals surface area contributed by atoms with E-state index in [-0.39, 0.29) is 5.82 Å². The molecule has 0 amide bonds. The Bertz CT molecular complexity index is 260. The van der Waals surface area contributed by atoms with Gasteiger partial charge >= 0.3 is 0 Å². The third-order valence-electron chi connectivity index (χ3n) is 2.31. The molecule has 0 aromatic heterocycles. The highest BCUT2D eigenvalue weighted by molar-refractivity contribution is 5.16. The van der Waals surface area contributed by atoms with Gasteiger partial charge in [-0.3, -0.25) is 0 Å². The summed E-state index contributed by atoms with van der Waals surface area (Å²) >= 11 is 0. The van der Waals surface area contributed by atoms with Gasteiger partial charge < -0.3 is 5.73 Å². The molecule has 14 heavy (non-hydrogen) atoms. The van der Waals surface area contributed by atoms with Gasteiger partial charge in [0.25, 0.3) is 0 Å². The van der Waals surface area contributed by atoms with Crippen molar-refractivity contribution >= 4 is 0 Å². The van der Waals surface area contributed by atoms with Crippen LogP contribution in [0.5, 0.6) is 0 Å². The van der Waals surface area contributed by atoms with Crippen LogP contribution in [-0.4, -0.2) is 6.54 Å². The average molecular weight is 195 g/mol. The molecular formula is C12H18FN. The van der Waals surface area contributed by atoms with Crippen LogP contribution in [0.4, 0.5) is 4.39 Å². The lowest BCUT2D eigenvalue weighted by Gasteiger charge is -2.01. The van der Waals surface area contributed by atoms with Crippen molar-refractivity contribution in [2.24, 2.45) is 5.73 Å². The molecule has 1 nitrogen and oxygen atoms in total. The van der Waals surface area contributed by atoms with Gasteiger partial charge in [0, 0.05) is 0 Å². The van der Waals surface area contributed by atoms with Crippen LogP contribution in [0.3, 0.4) is 0 Å². The zero-order valence-electron chi connectivity index (χ0n) is 8.51. The maximum Gasteiger partial charge on any atom is 0.123 e. The molecule has 0 aliphatic carbocycles. The van der Waals surface area contributed by atoms with Gasteiger partial charge in [-0.05, 0) is 43.5 Å². The Labute approximate surface area is 85.1 Å². The van der Waals surface area contributed by atoms with Crippen molar-refractivity contribution in [3.05, 3.63) is 35.6 Å². The minimum atomic E-state index is -0.135. The summed E-state index contributed by atoms with van der Waals surface area (Å²) in [6.45, 7) is 0.778. The number of unbranched alkanes of at least 4 members (excludes halogenated alkanes) is 3. The van der Waals surface area contributed by atoms with E-state index in [1.165, 1.54) is 18.9 Å². The molecule has 1 aromatic rings. The van der Waals surface area contributed by atoms with E-state index in [1.807, 2.05) is 6.07 Å². The molecule has 0 spiro atoms. The Morgan fingerprint density at radius 3 is 2.57 bits per heavy atom. The number of benzene rings is 1. The Balaban J connectivity index is 2.18. The SMILES string of the molecule is NCCCCCCc1cccc(F)c1. The molecule has 2 N–H and O–H groups in total. The lowest BCUT2D eigenvalue weighted by atomic mass is 10.1. The first-order valence-corrected chi connectivity index (χ1v) is 5.27. The number of halogens is 1. The average Bonchev–Trinajstić information content (AvgIpc) is 2.18. The fourth-order valence-corrected chi connectivity index (χ4v) is 1.52. The topological polar surface area (TPSA) is 26.0 Å². The molecule has 0 saturated heterocycles. The van der Waals surface area contributed by atoms with E-state index in [1.54, 1.807) is 12.1 Å². The Morgan fingerprint density at radius 1 is 1.07 bits per heavy atom. The molecule has 0 radical (unpaired) electrons. The summed E-state index contributed by atoms with van der Waals surface area (Å²) in [5.74, 6) is -0.135. The van der Waals surface area contributed by atoms with Gasteiger partial charge in [-0.2, -0.15) is 0 Å². The van der Waals surface area contributed by atoms with Crippen LogP contribution in [0.25, 0.3) is 0 Å². The quantitative estimate of drug-likeness (QED) is 0.694. The minimum absolute atomic E-state index is 0.135. The van der Waals surface area contributed by atoms with Crippen molar-refractivity contribution in [3.63, 3.8) is 0 Å². The van der Waals surface area contributed by atoms with Gasteiger partial charge in [-0.15, -0.1) is 0 Å². The molecule has 0 aliphatic heterocycles. The number of hydrogen-bond donors (Lipinski definition) is 1. The molecule has 0 bridgehead atoms. The van der Waals surface area contributed by atoms with E-state index in [9.17, 15) is 4.39 Å². The molecule has 0 aliphatic rings. The van der Waals surface area contributed by atoms with Crippen LogP contribution >= 0.6 is 0 Å². The van der Waals surface area contributed by atoms with Gasteiger partial charge in [0.05, 0.1) is 0 Å². The van der Waals surface area contributed by atoms with Crippen LogP contribution in [-0.2, 0) is 6.42 Å². The zero-order valence-corrected chi connectivity index (χ0v) is 8.51. The van der Waals surface area contributed by atoms with E-state index in [2.05, 4.69) is 0 Å². The molecule has 78 valence electrons. The normalized spacial score (nSPS) is 10.4. The molecule has 1 aromatic carbocycles. The van der Waals surface area contributed by atoms with Gasteiger partial charge in [-0.25, -0.2) is 4.39 Å². The van der Waals surface area contributed by atoms with Crippen molar-refractivity contribution < 1.29 is 4.39 Å². The monoisotopic (exact) mass is 195 g/mol.